The van der Waals surface area contributed by atoms with Crippen LogP contribution in [0.1, 0.15) is 22.1 Å². The number of fused-ring (bicyclic) bond motifs is 1. The van der Waals surface area contributed by atoms with Gasteiger partial charge in [-0.15, -0.1) is 11.8 Å². The third kappa shape index (κ3) is 3.03. The molecule has 6 heteroatoms. The number of thioether (sulfide) groups is 1. The van der Waals surface area contributed by atoms with Gasteiger partial charge >= 0.3 is 0 Å². The van der Waals surface area contributed by atoms with E-state index in [1.54, 1.807) is 23.9 Å². The summed E-state index contributed by atoms with van der Waals surface area (Å²) in [4.78, 5) is 26.8. The molecule has 1 aliphatic heterocycles. The second-order valence-electron chi connectivity index (χ2n) is 5.26. The summed E-state index contributed by atoms with van der Waals surface area (Å²) in [5.74, 6) is -0.595. The Balaban J connectivity index is 2.04. The van der Waals surface area contributed by atoms with Crippen LogP contribution in [0, 0.1) is 0 Å². The number of rotatable bonds is 4. The highest BCUT2D eigenvalue weighted by atomic mass is 32.2. The van der Waals surface area contributed by atoms with Gasteiger partial charge in [0.05, 0.1) is 17.8 Å². The summed E-state index contributed by atoms with van der Waals surface area (Å²) in [5, 5.41) is 2.95. The minimum Gasteiger partial charge on any atom is -0.368 e. The van der Waals surface area contributed by atoms with E-state index in [9.17, 15) is 9.59 Å². The van der Waals surface area contributed by atoms with Gasteiger partial charge in [0.1, 0.15) is 6.17 Å². The smallest absolute Gasteiger partial charge is 0.255 e. The maximum Gasteiger partial charge on any atom is 0.255 e. The molecular weight excluding hydrogens is 310 g/mol. The number of nitrogens with two attached hydrogens (primary N) is 1. The molecule has 2 aromatic carbocycles. The van der Waals surface area contributed by atoms with Gasteiger partial charge in [0, 0.05) is 4.90 Å². The number of nitrogens with one attached hydrogen (secondary N) is 1. The molecule has 0 bridgehead atoms. The van der Waals surface area contributed by atoms with E-state index in [4.69, 9.17) is 5.73 Å². The Kier molecular flexibility index (Phi) is 4.25. The van der Waals surface area contributed by atoms with Crippen molar-refractivity contribution in [2.75, 3.05) is 17.7 Å². The minimum atomic E-state index is -0.443. The van der Waals surface area contributed by atoms with E-state index in [-0.39, 0.29) is 12.5 Å². The molecule has 0 aliphatic carbocycles. The van der Waals surface area contributed by atoms with Crippen molar-refractivity contribution in [2.45, 2.75) is 11.1 Å². The van der Waals surface area contributed by atoms with Gasteiger partial charge in [0.2, 0.25) is 5.91 Å². The predicted molar refractivity (Wildman–Crippen MR) is 91.4 cm³/mol. The second-order valence-corrected chi connectivity index (χ2v) is 6.14. The summed E-state index contributed by atoms with van der Waals surface area (Å²) in [5.41, 5.74) is 7.58. The molecule has 0 spiro atoms. The minimum absolute atomic E-state index is 0.0340. The van der Waals surface area contributed by atoms with Crippen LogP contribution < -0.4 is 16.0 Å². The topological polar surface area (TPSA) is 75.4 Å². The van der Waals surface area contributed by atoms with Crippen LogP contribution in [-0.4, -0.2) is 24.6 Å². The maximum absolute atomic E-state index is 12.4. The molecule has 1 atom stereocenters. The van der Waals surface area contributed by atoms with E-state index in [1.807, 2.05) is 47.6 Å². The Morgan fingerprint density at radius 2 is 1.91 bits per heavy atom. The summed E-state index contributed by atoms with van der Waals surface area (Å²) in [6.07, 6.45) is 1.59. The Labute approximate surface area is 138 Å². The molecule has 3 rings (SSSR count). The quantitative estimate of drug-likeness (QED) is 0.844. The number of carbonyl (C=O) groups excluding carboxylic acids is 2. The van der Waals surface area contributed by atoms with Crippen molar-refractivity contribution >= 4 is 29.3 Å². The normalized spacial score (nSPS) is 16.7. The first-order valence-electron chi connectivity index (χ1n) is 7.19. The van der Waals surface area contributed by atoms with E-state index in [2.05, 4.69) is 5.32 Å². The highest BCUT2D eigenvalue weighted by Gasteiger charge is 2.32. The average Bonchev–Trinajstić information content (AvgIpc) is 2.57. The molecule has 23 heavy (non-hydrogen) atoms. The first-order chi connectivity index (χ1) is 11.1. The maximum atomic E-state index is 12.4. The zero-order valence-corrected chi connectivity index (χ0v) is 13.5. The highest BCUT2D eigenvalue weighted by molar-refractivity contribution is 7.98. The third-order valence-electron chi connectivity index (χ3n) is 3.80. The number of hydrogen-bond donors (Lipinski definition) is 2. The molecule has 1 aliphatic rings. The van der Waals surface area contributed by atoms with Crippen molar-refractivity contribution in [1.82, 2.24) is 5.32 Å². The monoisotopic (exact) mass is 327 g/mol. The first kappa shape index (κ1) is 15.4. The number of anilines is 1. The number of hydrogen-bond acceptors (Lipinski definition) is 4. The molecule has 0 radical (unpaired) electrons. The van der Waals surface area contributed by atoms with Gasteiger partial charge < -0.3 is 16.0 Å². The van der Waals surface area contributed by atoms with Crippen molar-refractivity contribution in [1.29, 1.82) is 0 Å². The van der Waals surface area contributed by atoms with Crippen LogP contribution >= 0.6 is 11.8 Å². The zero-order chi connectivity index (χ0) is 16.4. The summed E-state index contributed by atoms with van der Waals surface area (Å²) >= 11 is 1.65. The SMILES string of the molecule is CSc1ccc([C@@H]2NC(=O)c3ccccc3N2CC(N)=O)cc1. The Morgan fingerprint density at radius 3 is 2.57 bits per heavy atom. The molecule has 2 aromatic rings. The fourth-order valence-electron chi connectivity index (χ4n) is 2.73. The van der Waals surface area contributed by atoms with Gasteiger partial charge in [-0.2, -0.15) is 0 Å². The third-order valence-corrected chi connectivity index (χ3v) is 4.54. The van der Waals surface area contributed by atoms with Crippen LogP contribution in [0.5, 0.6) is 0 Å². The van der Waals surface area contributed by atoms with Crippen LogP contribution in [0.3, 0.4) is 0 Å². The molecular formula is C17H17N3O2S. The van der Waals surface area contributed by atoms with Crippen LogP contribution in [0.4, 0.5) is 5.69 Å². The largest absolute Gasteiger partial charge is 0.368 e. The van der Waals surface area contributed by atoms with Gasteiger partial charge in [-0.25, -0.2) is 0 Å². The van der Waals surface area contributed by atoms with E-state index >= 15 is 0 Å². The highest BCUT2D eigenvalue weighted by Crippen LogP contribution is 2.33. The average molecular weight is 327 g/mol. The van der Waals surface area contributed by atoms with E-state index in [0.717, 1.165) is 10.5 Å². The molecule has 5 nitrogen and oxygen atoms in total. The fourth-order valence-corrected chi connectivity index (χ4v) is 3.14. The number of primary amides is 1. The Bertz CT molecular complexity index is 746. The van der Waals surface area contributed by atoms with Crippen LogP contribution in [0.25, 0.3) is 0 Å². The van der Waals surface area contributed by atoms with Gasteiger partial charge in [-0.3, -0.25) is 9.59 Å². The van der Waals surface area contributed by atoms with Crippen molar-refractivity contribution in [2.24, 2.45) is 5.73 Å². The van der Waals surface area contributed by atoms with E-state index in [0.29, 0.717) is 11.3 Å². The van der Waals surface area contributed by atoms with Gasteiger partial charge in [-0.1, -0.05) is 24.3 Å². The summed E-state index contributed by atoms with van der Waals surface area (Å²) in [6, 6.07) is 15.1. The van der Waals surface area contributed by atoms with Gasteiger partial charge in [-0.05, 0) is 36.1 Å². The molecule has 0 fully saturated rings. The summed E-state index contributed by atoms with van der Waals surface area (Å²) in [6.45, 7) is 0.0340. The van der Waals surface area contributed by atoms with Crippen molar-refractivity contribution in [3.8, 4) is 0 Å². The number of para-hydroxylation sites is 1. The summed E-state index contributed by atoms with van der Waals surface area (Å²) < 4.78 is 0. The van der Waals surface area contributed by atoms with Crippen molar-refractivity contribution in [3.63, 3.8) is 0 Å². The Morgan fingerprint density at radius 1 is 1.22 bits per heavy atom. The van der Waals surface area contributed by atoms with Crippen molar-refractivity contribution < 1.29 is 9.59 Å². The standard InChI is InChI=1S/C17H17N3O2S/c1-23-12-8-6-11(7-9-12)16-19-17(22)13-4-2-3-5-14(13)20(16)10-15(18)21/h2-9,16H,10H2,1H3,(H2,18,21)(H,19,22)/t16-/m1/s1. The predicted octanol–water partition coefficient (Wildman–Crippen LogP) is 2.14. The lowest BCUT2D eigenvalue weighted by atomic mass is 10.0. The number of nitrogens with zero attached hydrogens (tertiary/aromatic N) is 1. The Hall–Kier alpha value is -2.47. The molecule has 1 heterocycles. The lowest BCUT2D eigenvalue weighted by molar-refractivity contribution is -0.116. The van der Waals surface area contributed by atoms with Crippen LogP contribution in [0.15, 0.2) is 53.4 Å². The lowest BCUT2D eigenvalue weighted by Gasteiger charge is -2.38. The van der Waals surface area contributed by atoms with Crippen LogP contribution in [0.2, 0.25) is 0 Å². The molecule has 0 saturated heterocycles. The molecule has 3 N–H and O–H groups in total. The molecule has 0 saturated carbocycles. The molecule has 118 valence electrons. The first-order valence-corrected chi connectivity index (χ1v) is 8.41. The molecule has 0 unspecified atom stereocenters. The van der Waals surface area contributed by atoms with E-state index in [1.165, 1.54) is 0 Å². The second kappa shape index (κ2) is 6.34. The summed E-state index contributed by atoms with van der Waals surface area (Å²) in [7, 11) is 0. The van der Waals surface area contributed by atoms with Crippen molar-refractivity contribution in [3.05, 3.63) is 59.7 Å². The van der Waals surface area contributed by atoms with Gasteiger partial charge in [0.15, 0.2) is 0 Å². The zero-order valence-electron chi connectivity index (χ0n) is 12.7. The number of amides is 2. The van der Waals surface area contributed by atoms with Gasteiger partial charge in [0.25, 0.3) is 5.91 Å². The fraction of sp³-hybridized carbons (Fsp3) is 0.176. The number of carbonyl (C=O) groups is 2. The van der Waals surface area contributed by atoms with E-state index < -0.39 is 12.1 Å². The number of benzene rings is 2. The molecule has 0 aromatic heterocycles. The molecule has 2 amide bonds. The lowest BCUT2D eigenvalue weighted by Crippen LogP contribution is -2.49. The van der Waals surface area contributed by atoms with Crippen LogP contribution in [-0.2, 0) is 4.79 Å².